The van der Waals surface area contributed by atoms with Crippen LogP contribution in [0.2, 0.25) is 0 Å². The van der Waals surface area contributed by atoms with Crippen molar-refractivity contribution in [2.75, 3.05) is 6.54 Å². The fourth-order valence-corrected chi connectivity index (χ4v) is 2.39. The molecule has 1 atom stereocenters. The van der Waals surface area contributed by atoms with Crippen molar-refractivity contribution in [1.29, 1.82) is 5.41 Å². The molecule has 3 N–H and O–H groups in total. The van der Waals surface area contributed by atoms with Crippen LogP contribution in [0.1, 0.15) is 18.9 Å². The molecule has 20 heavy (non-hydrogen) atoms. The van der Waals surface area contributed by atoms with Gasteiger partial charge in [0.25, 0.3) is 0 Å². The summed E-state index contributed by atoms with van der Waals surface area (Å²) < 4.78 is 0. The summed E-state index contributed by atoms with van der Waals surface area (Å²) in [4.78, 5) is 13.5. The van der Waals surface area contributed by atoms with Gasteiger partial charge in [-0.1, -0.05) is 18.2 Å². The zero-order valence-corrected chi connectivity index (χ0v) is 11.5. The van der Waals surface area contributed by atoms with Crippen LogP contribution in [0, 0.1) is 5.41 Å². The molecule has 1 unspecified atom stereocenters. The van der Waals surface area contributed by atoms with Gasteiger partial charge >= 0.3 is 6.03 Å². The fourth-order valence-electron chi connectivity index (χ4n) is 2.39. The maximum Gasteiger partial charge on any atom is 0.323 e. The number of amidine groups is 1. The van der Waals surface area contributed by atoms with E-state index >= 15 is 0 Å². The molecule has 106 valence electrons. The molecular weight excluding hydrogens is 254 g/mol. The van der Waals surface area contributed by atoms with Crippen LogP contribution in [0.4, 0.5) is 4.79 Å². The third-order valence-electron chi connectivity index (χ3n) is 3.76. The standard InChI is InChI=1S/C15H19N3O2/c1-3-10-18-14(20)17-13(16)15(18,2)9-8-11-4-6-12(19)7-5-11/h3-7,19H,1,8-10H2,2H3,(H2,16,17,20). The van der Waals surface area contributed by atoms with Crippen molar-refractivity contribution in [2.24, 2.45) is 0 Å². The minimum Gasteiger partial charge on any atom is -0.508 e. The number of urea groups is 1. The van der Waals surface area contributed by atoms with Crippen LogP contribution in [0.15, 0.2) is 36.9 Å². The number of aryl methyl sites for hydroxylation is 1. The Morgan fingerprint density at radius 1 is 1.45 bits per heavy atom. The Balaban J connectivity index is 2.12. The third kappa shape index (κ3) is 2.52. The molecule has 5 nitrogen and oxygen atoms in total. The van der Waals surface area contributed by atoms with Gasteiger partial charge in [0.2, 0.25) is 0 Å². The number of aromatic hydroxyl groups is 1. The molecule has 0 spiro atoms. The first-order valence-corrected chi connectivity index (χ1v) is 6.54. The van der Waals surface area contributed by atoms with E-state index in [1.165, 1.54) is 0 Å². The Morgan fingerprint density at radius 2 is 2.10 bits per heavy atom. The van der Waals surface area contributed by atoms with Gasteiger partial charge in [-0.25, -0.2) is 4.79 Å². The first-order valence-electron chi connectivity index (χ1n) is 6.54. The maximum atomic E-state index is 11.8. The predicted octanol–water partition coefficient (Wildman–Crippen LogP) is 2.27. The van der Waals surface area contributed by atoms with E-state index in [4.69, 9.17) is 5.41 Å². The minimum absolute atomic E-state index is 0.225. The van der Waals surface area contributed by atoms with Crippen LogP contribution in [-0.2, 0) is 6.42 Å². The maximum absolute atomic E-state index is 11.8. The van der Waals surface area contributed by atoms with E-state index in [1.807, 2.05) is 19.1 Å². The van der Waals surface area contributed by atoms with Crippen LogP contribution in [0.3, 0.4) is 0 Å². The van der Waals surface area contributed by atoms with Gasteiger partial charge in [-0.15, -0.1) is 6.58 Å². The number of hydrogen-bond donors (Lipinski definition) is 3. The van der Waals surface area contributed by atoms with Crippen molar-refractivity contribution in [1.82, 2.24) is 10.2 Å². The summed E-state index contributed by atoms with van der Waals surface area (Å²) in [6.07, 6.45) is 3.03. The van der Waals surface area contributed by atoms with Crippen LogP contribution < -0.4 is 5.32 Å². The Bertz CT molecular complexity index is 539. The van der Waals surface area contributed by atoms with E-state index in [0.717, 1.165) is 12.0 Å². The monoisotopic (exact) mass is 273 g/mol. The van der Waals surface area contributed by atoms with E-state index < -0.39 is 5.54 Å². The van der Waals surface area contributed by atoms with Crippen LogP contribution in [-0.4, -0.2) is 34.0 Å². The van der Waals surface area contributed by atoms with Crippen molar-refractivity contribution in [3.63, 3.8) is 0 Å². The van der Waals surface area contributed by atoms with Crippen molar-refractivity contribution < 1.29 is 9.90 Å². The molecule has 1 aliphatic rings. The summed E-state index contributed by atoms with van der Waals surface area (Å²) in [6, 6.07) is 6.74. The molecule has 1 heterocycles. The highest BCUT2D eigenvalue weighted by molar-refractivity contribution is 6.08. The van der Waals surface area contributed by atoms with Gasteiger partial charge in [0, 0.05) is 6.54 Å². The van der Waals surface area contributed by atoms with Gasteiger partial charge < -0.3 is 10.0 Å². The second kappa shape index (κ2) is 5.36. The van der Waals surface area contributed by atoms with E-state index in [-0.39, 0.29) is 17.6 Å². The Morgan fingerprint density at radius 3 is 2.70 bits per heavy atom. The number of phenols is 1. The molecule has 1 aliphatic heterocycles. The lowest BCUT2D eigenvalue weighted by Crippen LogP contribution is -2.47. The highest BCUT2D eigenvalue weighted by Gasteiger charge is 2.45. The quantitative estimate of drug-likeness (QED) is 0.720. The molecule has 0 aliphatic carbocycles. The minimum atomic E-state index is -0.636. The number of hydrogen-bond acceptors (Lipinski definition) is 3. The predicted molar refractivity (Wildman–Crippen MR) is 78.0 cm³/mol. The van der Waals surface area contributed by atoms with Crippen molar-refractivity contribution in [2.45, 2.75) is 25.3 Å². The molecule has 1 fully saturated rings. The summed E-state index contributed by atoms with van der Waals surface area (Å²) in [6.45, 7) is 5.96. The third-order valence-corrected chi connectivity index (χ3v) is 3.76. The van der Waals surface area contributed by atoms with Gasteiger partial charge in [0.1, 0.15) is 11.6 Å². The average Bonchev–Trinajstić information content (AvgIpc) is 2.63. The molecule has 0 saturated carbocycles. The summed E-state index contributed by atoms with van der Waals surface area (Å²) >= 11 is 0. The summed E-state index contributed by atoms with van der Waals surface area (Å²) in [5.41, 5.74) is 0.429. The lowest BCUT2D eigenvalue weighted by molar-refractivity contribution is 0.184. The highest BCUT2D eigenvalue weighted by atomic mass is 16.3. The largest absolute Gasteiger partial charge is 0.508 e. The van der Waals surface area contributed by atoms with Crippen molar-refractivity contribution in [3.05, 3.63) is 42.5 Å². The van der Waals surface area contributed by atoms with Crippen LogP contribution >= 0.6 is 0 Å². The molecule has 1 saturated heterocycles. The second-order valence-electron chi connectivity index (χ2n) is 5.14. The number of carbonyl (C=O) groups is 1. The Labute approximate surface area is 118 Å². The number of carbonyl (C=O) groups excluding carboxylic acids is 1. The molecule has 1 aromatic rings. The lowest BCUT2D eigenvalue weighted by atomic mass is 9.91. The Hall–Kier alpha value is -2.30. The van der Waals surface area contributed by atoms with Gasteiger partial charge in [0.15, 0.2) is 0 Å². The summed E-state index contributed by atoms with van der Waals surface area (Å²) in [5.74, 6) is 0.460. The summed E-state index contributed by atoms with van der Waals surface area (Å²) in [5, 5.41) is 19.8. The molecule has 0 aromatic heterocycles. The number of nitrogens with zero attached hydrogens (tertiary/aromatic N) is 1. The van der Waals surface area contributed by atoms with Gasteiger partial charge in [0.05, 0.1) is 5.54 Å². The molecule has 0 radical (unpaired) electrons. The Kier molecular flexibility index (Phi) is 3.79. The molecular formula is C15H19N3O2. The topological polar surface area (TPSA) is 76.4 Å². The van der Waals surface area contributed by atoms with E-state index in [0.29, 0.717) is 13.0 Å². The first-order chi connectivity index (χ1) is 9.47. The molecule has 0 bridgehead atoms. The van der Waals surface area contributed by atoms with Crippen molar-refractivity contribution >= 4 is 11.9 Å². The molecule has 2 amide bonds. The molecule has 1 aromatic carbocycles. The van der Waals surface area contributed by atoms with Crippen molar-refractivity contribution in [3.8, 4) is 5.75 Å². The number of phenolic OH excluding ortho intramolecular Hbond substituents is 1. The number of nitrogens with one attached hydrogen (secondary N) is 2. The summed E-state index contributed by atoms with van der Waals surface area (Å²) in [7, 11) is 0. The van der Waals surface area contributed by atoms with E-state index in [1.54, 1.807) is 23.1 Å². The molecule has 2 rings (SSSR count). The van der Waals surface area contributed by atoms with E-state index in [9.17, 15) is 9.90 Å². The second-order valence-corrected chi connectivity index (χ2v) is 5.14. The van der Waals surface area contributed by atoms with Crippen LogP contribution in [0.25, 0.3) is 0 Å². The normalized spacial score (nSPS) is 21.9. The SMILES string of the molecule is C=CCN1C(=O)NC(=N)C1(C)CCc1ccc(O)cc1. The van der Waals surface area contributed by atoms with Gasteiger partial charge in [-0.3, -0.25) is 10.7 Å². The zero-order valence-electron chi connectivity index (χ0n) is 11.5. The first kappa shape index (κ1) is 14.1. The fraction of sp³-hybridized carbons (Fsp3) is 0.333. The number of rotatable bonds is 5. The van der Waals surface area contributed by atoms with Gasteiger partial charge in [-0.2, -0.15) is 0 Å². The smallest absolute Gasteiger partial charge is 0.323 e. The lowest BCUT2D eigenvalue weighted by Gasteiger charge is -2.32. The number of amides is 2. The highest BCUT2D eigenvalue weighted by Crippen LogP contribution is 2.27. The zero-order chi connectivity index (χ0) is 14.8. The number of benzene rings is 1. The average molecular weight is 273 g/mol. The van der Waals surface area contributed by atoms with Gasteiger partial charge in [-0.05, 0) is 37.5 Å². The molecule has 5 heteroatoms. The van der Waals surface area contributed by atoms with E-state index in [2.05, 4.69) is 11.9 Å². The van der Waals surface area contributed by atoms with Crippen LogP contribution in [0.5, 0.6) is 5.75 Å².